The smallest absolute Gasteiger partial charge is 0.376 e. The molecule has 0 aromatic heterocycles. The van der Waals surface area contributed by atoms with Crippen LogP contribution in [0.2, 0.25) is 0 Å². The van der Waals surface area contributed by atoms with E-state index in [2.05, 4.69) is 24.7 Å². The van der Waals surface area contributed by atoms with E-state index in [0.29, 0.717) is 36.4 Å². The lowest BCUT2D eigenvalue weighted by Crippen LogP contribution is -2.50. The van der Waals surface area contributed by atoms with Crippen molar-refractivity contribution >= 4 is 11.8 Å². The van der Waals surface area contributed by atoms with E-state index in [-0.39, 0.29) is 22.7 Å². The second-order valence-corrected chi connectivity index (χ2v) is 11.1. The zero-order chi connectivity index (χ0) is 21.9. The van der Waals surface area contributed by atoms with E-state index in [4.69, 9.17) is 0 Å². The van der Waals surface area contributed by atoms with Crippen molar-refractivity contribution in [1.29, 1.82) is 0 Å². The molecule has 4 aliphatic rings. The molecule has 0 spiro atoms. The number of Topliss-reactive ketones (excluding diaryl/α,β-unsaturated/α-hetero) is 1. The van der Waals surface area contributed by atoms with Crippen molar-refractivity contribution in [3.05, 3.63) is 11.6 Å². The van der Waals surface area contributed by atoms with Crippen LogP contribution in [0.4, 0.5) is 8.78 Å². The summed E-state index contributed by atoms with van der Waals surface area (Å²) in [5.41, 5.74) is 1.56. The number of hydrogen-bond acceptors (Lipinski definition) is 3. The molecule has 4 rings (SSSR count). The highest BCUT2D eigenvalue weighted by Gasteiger charge is 2.60. The van der Waals surface area contributed by atoms with Gasteiger partial charge in [-0.15, -0.1) is 0 Å². The number of rotatable bonds is 4. The maximum Gasteiger partial charge on any atom is 0.376 e. The molecule has 3 fully saturated rings. The molecule has 0 bridgehead atoms. The molecule has 3 saturated carbocycles. The topological polar surface area (TPSA) is 43.4 Å². The van der Waals surface area contributed by atoms with Gasteiger partial charge < -0.3 is 4.74 Å². The molecule has 0 saturated heterocycles. The molecular weight excluding hydrogens is 386 g/mol. The number of fused-ring (bicyclic) bond motifs is 5. The van der Waals surface area contributed by atoms with Crippen LogP contribution in [0.15, 0.2) is 11.6 Å². The lowest BCUT2D eigenvalue weighted by molar-refractivity contribution is -0.172. The molecule has 4 aliphatic carbocycles. The molecule has 168 valence electrons. The fourth-order valence-corrected chi connectivity index (χ4v) is 8.23. The summed E-state index contributed by atoms with van der Waals surface area (Å²) in [5.74, 6) is -2.72. The lowest BCUT2D eigenvalue weighted by atomic mass is 9.47. The average Bonchev–Trinajstić information content (AvgIpc) is 3.04. The first-order chi connectivity index (χ1) is 14.0. The minimum absolute atomic E-state index is 0.0545. The molecule has 0 aliphatic heterocycles. The van der Waals surface area contributed by atoms with E-state index in [0.717, 1.165) is 45.6 Å². The third kappa shape index (κ3) is 3.26. The Morgan fingerprint density at radius 3 is 2.67 bits per heavy atom. The van der Waals surface area contributed by atoms with Gasteiger partial charge in [-0.1, -0.05) is 32.4 Å². The van der Waals surface area contributed by atoms with Gasteiger partial charge in [-0.3, -0.25) is 4.79 Å². The summed E-state index contributed by atoms with van der Waals surface area (Å²) in [6.07, 6.45) is 9.49. The van der Waals surface area contributed by atoms with E-state index in [1.54, 1.807) is 0 Å². The van der Waals surface area contributed by atoms with Gasteiger partial charge in [-0.25, -0.2) is 4.79 Å². The first-order valence-electron chi connectivity index (χ1n) is 11.7. The van der Waals surface area contributed by atoms with Crippen molar-refractivity contribution in [3.63, 3.8) is 0 Å². The number of alkyl halides is 2. The second-order valence-electron chi connectivity index (χ2n) is 11.1. The highest BCUT2D eigenvalue weighted by Crippen LogP contribution is 2.67. The first-order valence-corrected chi connectivity index (χ1v) is 11.7. The Hall–Kier alpha value is -1.26. The molecule has 30 heavy (non-hydrogen) atoms. The maximum absolute atomic E-state index is 14.3. The van der Waals surface area contributed by atoms with Gasteiger partial charge in [0, 0.05) is 19.3 Å². The Bertz CT molecular complexity index is 759. The van der Waals surface area contributed by atoms with Crippen LogP contribution in [0.5, 0.6) is 0 Å². The number of ketones is 1. The Labute approximate surface area is 179 Å². The molecule has 0 heterocycles. The SMILES string of the molecule is COC(=O)C(F)(F)C[C@@H](C)[C@H]1CC[C@H]2[C@@H]3CC=C4CC(=O)CC[C@]4(C)[C@H]3CC[C@]12C. The molecule has 0 unspecified atom stereocenters. The van der Waals surface area contributed by atoms with Gasteiger partial charge in [0.25, 0.3) is 0 Å². The van der Waals surface area contributed by atoms with Crippen LogP contribution in [0.25, 0.3) is 0 Å². The van der Waals surface area contributed by atoms with Crippen LogP contribution >= 0.6 is 0 Å². The molecule has 0 N–H and O–H groups in total. The Morgan fingerprint density at radius 1 is 1.23 bits per heavy atom. The van der Waals surface area contributed by atoms with Gasteiger partial charge in [0.1, 0.15) is 5.78 Å². The molecular formula is C25H36F2O3. The average molecular weight is 423 g/mol. The van der Waals surface area contributed by atoms with Crippen LogP contribution < -0.4 is 0 Å². The van der Waals surface area contributed by atoms with Gasteiger partial charge in [-0.05, 0) is 78.9 Å². The van der Waals surface area contributed by atoms with Crippen LogP contribution in [-0.2, 0) is 14.3 Å². The maximum atomic E-state index is 14.3. The number of ether oxygens (including phenoxy) is 1. The molecule has 0 aromatic carbocycles. The van der Waals surface area contributed by atoms with Crippen LogP contribution in [0.1, 0.15) is 78.6 Å². The standard InChI is InChI=1S/C25H36F2O3/c1-15(14-25(26,27)22(29)30-4)19-7-8-20-18-6-5-16-13-17(28)9-11-23(16,2)21(18)10-12-24(19,20)3/h5,15,18-21H,6-14H2,1-4H3/t15-,18+,19-,20+,21+,23+,24-/m1/s1. The summed E-state index contributed by atoms with van der Waals surface area (Å²) in [4.78, 5) is 23.5. The van der Waals surface area contributed by atoms with Crippen LogP contribution in [0, 0.1) is 40.4 Å². The summed E-state index contributed by atoms with van der Waals surface area (Å²) in [7, 11) is 1.03. The fraction of sp³-hybridized carbons (Fsp3) is 0.840. The summed E-state index contributed by atoms with van der Waals surface area (Å²) in [5, 5.41) is 0. The van der Waals surface area contributed by atoms with E-state index in [1.165, 1.54) is 5.57 Å². The first kappa shape index (κ1) is 22.0. The number of esters is 1. The zero-order valence-corrected chi connectivity index (χ0v) is 18.8. The van der Waals surface area contributed by atoms with E-state index in [1.807, 2.05) is 6.92 Å². The minimum atomic E-state index is -3.41. The van der Waals surface area contributed by atoms with Gasteiger partial charge >= 0.3 is 11.9 Å². The predicted octanol–water partition coefficient (Wildman–Crippen LogP) is 5.97. The van der Waals surface area contributed by atoms with Gasteiger partial charge in [0.05, 0.1) is 7.11 Å². The van der Waals surface area contributed by atoms with Crippen molar-refractivity contribution in [3.8, 4) is 0 Å². The summed E-state index contributed by atoms with van der Waals surface area (Å²) in [6, 6.07) is 0. The van der Waals surface area contributed by atoms with Crippen molar-refractivity contribution in [1.82, 2.24) is 0 Å². The molecule has 0 radical (unpaired) electrons. The Kier molecular flexibility index (Phi) is 5.42. The van der Waals surface area contributed by atoms with Crippen molar-refractivity contribution < 1.29 is 23.1 Å². The number of carbonyl (C=O) groups is 2. The number of allylic oxidation sites excluding steroid dienone is 2. The molecule has 5 heteroatoms. The Morgan fingerprint density at radius 2 is 1.97 bits per heavy atom. The van der Waals surface area contributed by atoms with Crippen molar-refractivity contribution in [2.75, 3.05) is 7.11 Å². The van der Waals surface area contributed by atoms with E-state index in [9.17, 15) is 18.4 Å². The molecule has 7 atom stereocenters. The molecule has 0 amide bonds. The van der Waals surface area contributed by atoms with Crippen molar-refractivity contribution in [2.24, 2.45) is 40.4 Å². The second kappa shape index (κ2) is 7.41. The lowest BCUT2D eigenvalue weighted by Gasteiger charge is -2.58. The summed E-state index contributed by atoms with van der Waals surface area (Å²) < 4.78 is 32.9. The molecule has 0 aromatic rings. The normalized spacial score (nSPS) is 41.9. The third-order valence-corrected chi connectivity index (χ3v) is 9.76. The number of methoxy groups -OCH3 is 1. The quantitative estimate of drug-likeness (QED) is 0.414. The number of hydrogen-bond donors (Lipinski definition) is 0. The van der Waals surface area contributed by atoms with E-state index < -0.39 is 18.3 Å². The summed E-state index contributed by atoms with van der Waals surface area (Å²) >= 11 is 0. The van der Waals surface area contributed by atoms with Gasteiger partial charge in [0.2, 0.25) is 0 Å². The fourth-order valence-electron chi connectivity index (χ4n) is 8.23. The zero-order valence-electron chi connectivity index (χ0n) is 18.8. The van der Waals surface area contributed by atoms with Gasteiger partial charge in [-0.2, -0.15) is 8.78 Å². The monoisotopic (exact) mass is 422 g/mol. The summed E-state index contributed by atoms with van der Waals surface area (Å²) in [6.45, 7) is 6.59. The van der Waals surface area contributed by atoms with Crippen LogP contribution in [0.3, 0.4) is 0 Å². The highest BCUT2D eigenvalue weighted by molar-refractivity contribution is 5.82. The third-order valence-electron chi connectivity index (χ3n) is 9.76. The largest absolute Gasteiger partial charge is 0.465 e. The van der Waals surface area contributed by atoms with E-state index >= 15 is 0 Å². The number of carbonyl (C=O) groups excluding carboxylic acids is 2. The number of halogens is 2. The Balaban J connectivity index is 1.54. The van der Waals surface area contributed by atoms with Crippen LogP contribution in [-0.4, -0.2) is 24.8 Å². The molecule has 3 nitrogen and oxygen atoms in total. The minimum Gasteiger partial charge on any atom is -0.465 e. The predicted molar refractivity (Wildman–Crippen MR) is 111 cm³/mol. The highest BCUT2D eigenvalue weighted by atomic mass is 19.3. The van der Waals surface area contributed by atoms with Gasteiger partial charge in [0.15, 0.2) is 0 Å². The van der Waals surface area contributed by atoms with Crippen molar-refractivity contribution in [2.45, 2.75) is 84.5 Å².